The molecule has 2 N–H and O–H groups in total. The Kier molecular flexibility index (Phi) is 13.6. The molecule has 1 aromatic carbocycles. The maximum atomic E-state index is 4.85. The third kappa shape index (κ3) is 10.1. The minimum atomic E-state index is 0. The summed E-state index contributed by atoms with van der Waals surface area (Å²) in [5, 5.41) is 6.93. The van der Waals surface area contributed by atoms with Gasteiger partial charge in [0.1, 0.15) is 0 Å². The van der Waals surface area contributed by atoms with E-state index >= 15 is 0 Å². The monoisotopic (exact) mass is 515 g/mol. The summed E-state index contributed by atoms with van der Waals surface area (Å²) in [7, 11) is 2.21. The Labute approximate surface area is 195 Å². The average molecular weight is 516 g/mol. The molecular weight excluding hydrogens is 473 g/mol. The number of hydrogen-bond acceptors (Lipinski definition) is 3. The van der Waals surface area contributed by atoms with Gasteiger partial charge in [0.2, 0.25) is 0 Å². The fourth-order valence-electron chi connectivity index (χ4n) is 3.79. The highest BCUT2D eigenvalue weighted by Crippen LogP contribution is 2.16. The van der Waals surface area contributed by atoms with Crippen molar-refractivity contribution >= 4 is 29.9 Å². The number of nitrogens with zero attached hydrogens (tertiary/aromatic N) is 3. The van der Waals surface area contributed by atoms with Crippen LogP contribution in [0.1, 0.15) is 45.6 Å². The van der Waals surface area contributed by atoms with E-state index in [-0.39, 0.29) is 24.0 Å². The highest BCUT2D eigenvalue weighted by molar-refractivity contribution is 14.0. The molecule has 1 heterocycles. The molecule has 0 aliphatic carbocycles. The summed E-state index contributed by atoms with van der Waals surface area (Å²) in [5.74, 6) is 1.67. The highest BCUT2D eigenvalue weighted by Gasteiger charge is 2.21. The molecule has 0 aromatic heterocycles. The maximum absolute atomic E-state index is 4.85. The fourth-order valence-corrected chi connectivity index (χ4v) is 3.79. The van der Waals surface area contributed by atoms with Crippen molar-refractivity contribution in [3.05, 3.63) is 35.9 Å². The fraction of sp³-hybridized carbons (Fsp3) is 0.696. The van der Waals surface area contributed by atoms with E-state index in [1.807, 2.05) is 0 Å². The number of aliphatic imine (C=N–C) groups is 1. The van der Waals surface area contributed by atoms with Crippen LogP contribution < -0.4 is 10.6 Å². The first kappa shape index (κ1) is 26.2. The standard InChI is InChI=1S/C23H41N5.HI/c1-5-15-28-16-13-22(19-28)17-26-23(24-6-2)25-14-12-20(3)27(4)18-21-10-8-7-9-11-21;/h7-11,20,22H,5-6,12-19H2,1-4H3,(H2,24,25,26);1H. The van der Waals surface area contributed by atoms with Crippen molar-refractivity contribution in [2.45, 2.75) is 52.6 Å². The molecule has 1 aliphatic heterocycles. The molecule has 1 saturated heterocycles. The molecule has 6 heteroatoms. The number of guanidine groups is 1. The molecule has 0 radical (unpaired) electrons. The summed E-state index contributed by atoms with van der Waals surface area (Å²) in [6, 6.07) is 11.2. The van der Waals surface area contributed by atoms with Gasteiger partial charge in [-0.15, -0.1) is 24.0 Å². The van der Waals surface area contributed by atoms with Crippen LogP contribution in [0.5, 0.6) is 0 Å². The number of hydrogen-bond donors (Lipinski definition) is 2. The lowest BCUT2D eigenvalue weighted by atomic mass is 10.1. The van der Waals surface area contributed by atoms with Crippen LogP contribution in [0.4, 0.5) is 0 Å². The average Bonchev–Trinajstić information content (AvgIpc) is 3.14. The molecule has 2 rings (SSSR count). The van der Waals surface area contributed by atoms with Crippen molar-refractivity contribution in [2.75, 3.05) is 46.3 Å². The van der Waals surface area contributed by atoms with Gasteiger partial charge in [0, 0.05) is 38.8 Å². The Balaban J connectivity index is 0.00000420. The highest BCUT2D eigenvalue weighted by atomic mass is 127. The van der Waals surface area contributed by atoms with E-state index in [4.69, 9.17) is 4.99 Å². The largest absolute Gasteiger partial charge is 0.357 e. The second-order valence-electron chi connectivity index (χ2n) is 8.14. The first-order valence-electron chi connectivity index (χ1n) is 11.1. The van der Waals surface area contributed by atoms with Crippen LogP contribution in [0, 0.1) is 5.92 Å². The van der Waals surface area contributed by atoms with Crippen LogP contribution in [0.15, 0.2) is 35.3 Å². The van der Waals surface area contributed by atoms with E-state index in [0.29, 0.717) is 12.0 Å². The van der Waals surface area contributed by atoms with Crippen molar-refractivity contribution < 1.29 is 0 Å². The van der Waals surface area contributed by atoms with Crippen LogP contribution in [0.3, 0.4) is 0 Å². The molecule has 29 heavy (non-hydrogen) atoms. The van der Waals surface area contributed by atoms with Crippen molar-refractivity contribution in [3.8, 4) is 0 Å². The molecule has 1 aliphatic rings. The van der Waals surface area contributed by atoms with Crippen molar-refractivity contribution in [2.24, 2.45) is 10.9 Å². The zero-order valence-corrected chi connectivity index (χ0v) is 21.2. The van der Waals surface area contributed by atoms with Gasteiger partial charge in [-0.05, 0) is 64.7 Å². The first-order valence-corrected chi connectivity index (χ1v) is 11.1. The predicted molar refractivity (Wildman–Crippen MR) is 136 cm³/mol. The third-order valence-electron chi connectivity index (χ3n) is 5.64. The summed E-state index contributed by atoms with van der Waals surface area (Å²) < 4.78 is 0. The number of nitrogens with one attached hydrogen (secondary N) is 2. The van der Waals surface area contributed by atoms with Crippen LogP contribution in [-0.2, 0) is 6.54 Å². The molecule has 5 nitrogen and oxygen atoms in total. The molecule has 0 saturated carbocycles. The maximum Gasteiger partial charge on any atom is 0.191 e. The van der Waals surface area contributed by atoms with E-state index < -0.39 is 0 Å². The Morgan fingerprint density at radius 2 is 2.00 bits per heavy atom. The summed E-state index contributed by atoms with van der Waals surface area (Å²) in [4.78, 5) is 9.85. The van der Waals surface area contributed by atoms with Gasteiger partial charge >= 0.3 is 0 Å². The summed E-state index contributed by atoms with van der Waals surface area (Å²) in [5.41, 5.74) is 1.37. The molecule has 0 spiro atoms. The van der Waals surface area contributed by atoms with Gasteiger partial charge in [0.05, 0.1) is 0 Å². The second kappa shape index (κ2) is 15.0. The van der Waals surface area contributed by atoms with Gasteiger partial charge in [-0.1, -0.05) is 37.3 Å². The number of likely N-dealkylation sites (tertiary alicyclic amines) is 1. The molecule has 2 unspecified atom stereocenters. The van der Waals surface area contributed by atoms with E-state index in [9.17, 15) is 0 Å². The molecule has 1 fully saturated rings. The van der Waals surface area contributed by atoms with Crippen LogP contribution in [0.2, 0.25) is 0 Å². The Bertz CT molecular complexity index is 566. The zero-order valence-electron chi connectivity index (χ0n) is 18.9. The van der Waals surface area contributed by atoms with E-state index in [0.717, 1.165) is 38.6 Å². The van der Waals surface area contributed by atoms with E-state index in [1.54, 1.807) is 0 Å². The lowest BCUT2D eigenvalue weighted by Gasteiger charge is -2.25. The van der Waals surface area contributed by atoms with Crippen LogP contribution >= 0.6 is 24.0 Å². The molecule has 166 valence electrons. The normalized spacial score (nSPS) is 18.5. The van der Waals surface area contributed by atoms with Gasteiger partial charge in [0.15, 0.2) is 5.96 Å². The smallest absolute Gasteiger partial charge is 0.191 e. The molecular formula is C23H42IN5. The third-order valence-corrected chi connectivity index (χ3v) is 5.64. The topological polar surface area (TPSA) is 42.9 Å². The van der Waals surface area contributed by atoms with Crippen LogP contribution in [0.25, 0.3) is 0 Å². The second-order valence-corrected chi connectivity index (χ2v) is 8.14. The van der Waals surface area contributed by atoms with Crippen molar-refractivity contribution in [1.29, 1.82) is 0 Å². The van der Waals surface area contributed by atoms with Gasteiger partial charge in [-0.3, -0.25) is 9.89 Å². The Hall–Kier alpha value is -0.860. The van der Waals surface area contributed by atoms with Crippen molar-refractivity contribution in [1.82, 2.24) is 20.4 Å². The van der Waals surface area contributed by atoms with E-state index in [2.05, 4.69) is 78.6 Å². The Morgan fingerprint density at radius 3 is 2.69 bits per heavy atom. The Morgan fingerprint density at radius 1 is 1.24 bits per heavy atom. The summed E-state index contributed by atoms with van der Waals surface area (Å²) in [6.45, 7) is 14.1. The SMILES string of the molecule is CCCN1CCC(CN=C(NCC)NCCC(C)N(C)Cc2ccccc2)C1.I. The van der Waals surface area contributed by atoms with Crippen LogP contribution in [-0.4, -0.2) is 68.1 Å². The minimum Gasteiger partial charge on any atom is -0.357 e. The lowest BCUT2D eigenvalue weighted by molar-refractivity contribution is 0.238. The first-order chi connectivity index (χ1) is 13.6. The van der Waals surface area contributed by atoms with Crippen molar-refractivity contribution in [3.63, 3.8) is 0 Å². The molecule has 1 aromatic rings. The predicted octanol–water partition coefficient (Wildman–Crippen LogP) is 3.80. The number of halogens is 1. The van der Waals surface area contributed by atoms with Gasteiger partial charge < -0.3 is 15.5 Å². The summed E-state index contributed by atoms with van der Waals surface area (Å²) >= 11 is 0. The zero-order chi connectivity index (χ0) is 20.2. The number of rotatable bonds is 11. The molecule has 0 amide bonds. The van der Waals surface area contributed by atoms with Gasteiger partial charge in [-0.2, -0.15) is 0 Å². The minimum absolute atomic E-state index is 0. The van der Waals surface area contributed by atoms with E-state index in [1.165, 1.54) is 38.0 Å². The molecule has 0 bridgehead atoms. The number of benzene rings is 1. The summed E-state index contributed by atoms with van der Waals surface area (Å²) in [6.07, 6.45) is 3.63. The molecule has 2 atom stereocenters. The van der Waals surface area contributed by atoms with Gasteiger partial charge in [-0.25, -0.2) is 0 Å². The van der Waals surface area contributed by atoms with Gasteiger partial charge in [0.25, 0.3) is 0 Å². The lowest BCUT2D eigenvalue weighted by Crippen LogP contribution is -2.40. The quantitative estimate of drug-likeness (QED) is 0.267.